The van der Waals surface area contributed by atoms with Crippen LogP contribution >= 0.6 is 0 Å². The van der Waals surface area contributed by atoms with Crippen molar-refractivity contribution in [3.63, 3.8) is 0 Å². The Labute approximate surface area is 136 Å². The molecule has 8 nitrogen and oxygen atoms in total. The van der Waals surface area contributed by atoms with E-state index in [1.165, 1.54) is 0 Å². The monoisotopic (exact) mass is 330 g/mol. The summed E-state index contributed by atoms with van der Waals surface area (Å²) in [5.41, 5.74) is 0.691. The van der Waals surface area contributed by atoms with Gasteiger partial charge in [-0.05, 0) is 18.6 Å². The molecule has 0 saturated carbocycles. The van der Waals surface area contributed by atoms with Gasteiger partial charge in [0.2, 0.25) is 0 Å². The van der Waals surface area contributed by atoms with Gasteiger partial charge in [-0.1, -0.05) is 12.1 Å². The molecule has 0 spiro atoms. The van der Waals surface area contributed by atoms with Crippen LogP contribution in [0.3, 0.4) is 0 Å². The summed E-state index contributed by atoms with van der Waals surface area (Å²) in [7, 11) is 0. The van der Waals surface area contributed by atoms with Crippen molar-refractivity contribution < 1.29 is 28.8 Å². The van der Waals surface area contributed by atoms with Gasteiger partial charge in [0.25, 0.3) is 23.6 Å². The molecule has 2 heterocycles. The SMILES string of the molecule is O=C(CCCN1C(=O)c2ccccc2C1=O)ON1C(=O)CCC1=O. The van der Waals surface area contributed by atoms with E-state index in [9.17, 15) is 24.0 Å². The van der Waals surface area contributed by atoms with E-state index in [0.717, 1.165) is 4.90 Å². The van der Waals surface area contributed by atoms with Gasteiger partial charge in [0.05, 0.1) is 11.1 Å². The summed E-state index contributed by atoms with van der Waals surface area (Å²) in [5.74, 6) is -2.64. The van der Waals surface area contributed by atoms with Crippen molar-refractivity contribution >= 4 is 29.6 Å². The van der Waals surface area contributed by atoms with Crippen LogP contribution in [-0.4, -0.2) is 46.1 Å². The Balaban J connectivity index is 1.51. The molecular formula is C16H14N2O6. The highest BCUT2D eigenvalue weighted by Gasteiger charge is 2.35. The van der Waals surface area contributed by atoms with Crippen LogP contribution in [0.2, 0.25) is 0 Å². The molecule has 0 atom stereocenters. The zero-order chi connectivity index (χ0) is 17.3. The molecule has 1 aromatic carbocycles. The summed E-state index contributed by atoms with van der Waals surface area (Å²) in [6.07, 6.45) is 0.118. The molecule has 0 bridgehead atoms. The van der Waals surface area contributed by atoms with Gasteiger partial charge >= 0.3 is 5.97 Å². The second-order valence-electron chi connectivity index (χ2n) is 5.46. The first-order chi connectivity index (χ1) is 11.5. The van der Waals surface area contributed by atoms with Gasteiger partial charge in [-0.2, -0.15) is 0 Å². The Bertz CT molecular complexity index is 706. The first-order valence-electron chi connectivity index (χ1n) is 7.51. The third-order valence-electron chi connectivity index (χ3n) is 3.84. The Morgan fingerprint density at radius 1 is 0.958 bits per heavy atom. The van der Waals surface area contributed by atoms with Crippen molar-refractivity contribution in [1.29, 1.82) is 0 Å². The smallest absolute Gasteiger partial charge is 0.330 e. The molecule has 0 radical (unpaired) electrons. The fourth-order valence-corrected chi connectivity index (χ4v) is 2.63. The minimum Gasteiger partial charge on any atom is -0.330 e. The van der Waals surface area contributed by atoms with Crippen LogP contribution in [0.4, 0.5) is 0 Å². The molecule has 2 aliphatic rings. The van der Waals surface area contributed by atoms with Crippen molar-refractivity contribution in [2.45, 2.75) is 25.7 Å². The van der Waals surface area contributed by atoms with E-state index in [1.807, 2.05) is 0 Å². The number of benzene rings is 1. The summed E-state index contributed by atoms with van der Waals surface area (Å²) in [4.78, 5) is 64.5. The Kier molecular flexibility index (Phi) is 4.11. The molecule has 0 aliphatic carbocycles. The lowest BCUT2D eigenvalue weighted by Crippen LogP contribution is -2.33. The fourth-order valence-electron chi connectivity index (χ4n) is 2.63. The lowest BCUT2D eigenvalue weighted by Gasteiger charge is -2.15. The van der Waals surface area contributed by atoms with Crippen LogP contribution in [-0.2, 0) is 19.2 Å². The average molecular weight is 330 g/mol. The molecule has 0 aromatic heterocycles. The van der Waals surface area contributed by atoms with Gasteiger partial charge in [0.15, 0.2) is 0 Å². The van der Waals surface area contributed by atoms with Gasteiger partial charge in [0.1, 0.15) is 0 Å². The summed E-state index contributed by atoms with van der Waals surface area (Å²) in [6.45, 7) is 0.0589. The lowest BCUT2D eigenvalue weighted by molar-refractivity contribution is -0.197. The predicted molar refractivity (Wildman–Crippen MR) is 78.2 cm³/mol. The van der Waals surface area contributed by atoms with Crippen LogP contribution in [0, 0.1) is 0 Å². The van der Waals surface area contributed by atoms with Crippen LogP contribution in [0.5, 0.6) is 0 Å². The number of hydrogen-bond acceptors (Lipinski definition) is 6. The van der Waals surface area contributed by atoms with Crippen molar-refractivity contribution in [2.75, 3.05) is 6.54 Å². The number of fused-ring (bicyclic) bond motifs is 1. The van der Waals surface area contributed by atoms with Crippen molar-refractivity contribution in [3.8, 4) is 0 Å². The maximum Gasteiger partial charge on any atom is 0.333 e. The number of nitrogens with zero attached hydrogens (tertiary/aromatic N) is 2. The number of carbonyl (C=O) groups excluding carboxylic acids is 5. The van der Waals surface area contributed by atoms with Crippen LogP contribution < -0.4 is 0 Å². The van der Waals surface area contributed by atoms with Gasteiger partial charge in [0, 0.05) is 25.8 Å². The zero-order valence-corrected chi connectivity index (χ0v) is 12.7. The van der Waals surface area contributed by atoms with E-state index < -0.39 is 29.6 Å². The van der Waals surface area contributed by atoms with E-state index in [2.05, 4.69) is 0 Å². The van der Waals surface area contributed by atoms with E-state index in [1.54, 1.807) is 24.3 Å². The van der Waals surface area contributed by atoms with E-state index in [0.29, 0.717) is 16.2 Å². The largest absolute Gasteiger partial charge is 0.333 e. The number of amides is 4. The normalized spacial score (nSPS) is 16.8. The molecule has 3 rings (SSSR count). The summed E-state index contributed by atoms with van der Waals surface area (Å²) >= 11 is 0. The van der Waals surface area contributed by atoms with Crippen LogP contribution in [0.25, 0.3) is 0 Å². The molecule has 24 heavy (non-hydrogen) atoms. The number of imide groups is 2. The predicted octanol–water partition coefficient (Wildman–Crippen LogP) is 0.670. The molecule has 2 aliphatic heterocycles. The quantitative estimate of drug-likeness (QED) is 0.736. The van der Waals surface area contributed by atoms with Crippen molar-refractivity contribution in [3.05, 3.63) is 35.4 Å². The second-order valence-corrected chi connectivity index (χ2v) is 5.46. The molecule has 4 amide bonds. The Hall–Kier alpha value is -3.03. The zero-order valence-electron chi connectivity index (χ0n) is 12.7. The molecule has 8 heteroatoms. The minimum atomic E-state index is -0.754. The number of carbonyl (C=O) groups is 5. The van der Waals surface area contributed by atoms with Crippen LogP contribution in [0.15, 0.2) is 24.3 Å². The lowest BCUT2D eigenvalue weighted by atomic mass is 10.1. The number of hydrogen-bond donors (Lipinski definition) is 0. The summed E-state index contributed by atoms with van der Waals surface area (Å²) in [5, 5.41) is 0.477. The third-order valence-corrected chi connectivity index (χ3v) is 3.84. The van der Waals surface area contributed by atoms with E-state index in [4.69, 9.17) is 4.84 Å². The summed E-state index contributed by atoms with van der Waals surface area (Å²) < 4.78 is 0. The second kappa shape index (κ2) is 6.23. The molecular weight excluding hydrogens is 316 g/mol. The Morgan fingerprint density at radius 2 is 1.50 bits per heavy atom. The Morgan fingerprint density at radius 3 is 2.04 bits per heavy atom. The summed E-state index contributed by atoms with van der Waals surface area (Å²) in [6, 6.07) is 6.51. The average Bonchev–Trinajstić information content (AvgIpc) is 3.01. The number of rotatable bonds is 5. The molecule has 1 saturated heterocycles. The van der Waals surface area contributed by atoms with E-state index >= 15 is 0 Å². The maximum atomic E-state index is 12.1. The standard InChI is InChI=1S/C16H14N2O6/c19-12-7-8-13(20)18(12)24-14(21)6-3-9-17-15(22)10-4-1-2-5-11(10)16(17)23/h1-2,4-5H,3,6-9H2. The van der Waals surface area contributed by atoms with Crippen LogP contribution in [0.1, 0.15) is 46.4 Å². The molecule has 0 N–H and O–H groups in total. The van der Waals surface area contributed by atoms with E-state index in [-0.39, 0.29) is 32.2 Å². The first-order valence-corrected chi connectivity index (χ1v) is 7.51. The molecule has 1 fully saturated rings. The molecule has 124 valence electrons. The van der Waals surface area contributed by atoms with Gasteiger partial charge in [-0.15, -0.1) is 5.06 Å². The fraction of sp³-hybridized carbons (Fsp3) is 0.312. The van der Waals surface area contributed by atoms with Gasteiger partial charge < -0.3 is 4.84 Å². The highest BCUT2D eigenvalue weighted by atomic mass is 16.7. The highest BCUT2D eigenvalue weighted by molar-refractivity contribution is 6.21. The van der Waals surface area contributed by atoms with Gasteiger partial charge in [-0.3, -0.25) is 24.1 Å². The van der Waals surface area contributed by atoms with Gasteiger partial charge in [-0.25, -0.2) is 4.79 Å². The molecule has 1 aromatic rings. The first kappa shape index (κ1) is 15.9. The topological polar surface area (TPSA) is 101 Å². The number of hydroxylamine groups is 2. The maximum absolute atomic E-state index is 12.1. The minimum absolute atomic E-state index is 0.0289. The van der Waals surface area contributed by atoms with Crippen molar-refractivity contribution in [2.24, 2.45) is 0 Å². The highest BCUT2D eigenvalue weighted by Crippen LogP contribution is 2.22. The third kappa shape index (κ3) is 2.78. The molecule has 0 unspecified atom stereocenters. The van der Waals surface area contributed by atoms with Crippen molar-refractivity contribution in [1.82, 2.24) is 9.96 Å².